The van der Waals surface area contributed by atoms with Crippen molar-refractivity contribution in [1.29, 1.82) is 0 Å². The van der Waals surface area contributed by atoms with Crippen LogP contribution in [0.1, 0.15) is 27.6 Å². The molecule has 0 saturated heterocycles. The second-order valence-electron chi connectivity index (χ2n) is 2.46. The Labute approximate surface area is 69.4 Å². The second-order valence-corrected chi connectivity index (χ2v) is 2.46. The third-order valence-corrected chi connectivity index (χ3v) is 1.31. The maximum absolute atomic E-state index is 8.92. The van der Waals surface area contributed by atoms with Gasteiger partial charge in [-0.25, -0.2) is 0 Å². The zero-order chi connectivity index (χ0) is 9.40. The fourth-order valence-corrected chi connectivity index (χ4v) is 0.658. The van der Waals surface area contributed by atoms with Gasteiger partial charge in [0.15, 0.2) is 0 Å². The van der Waals surface area contributed by atoms with Gasteiger partial charge in [0.05, 0.1) is 14.6 Å². The molecular formula is C8H18O3. The molecule has 0 aromatic heterocycles. The van der Waals surface area contributed by atoms with Crippen molar-refractivity contribution < 1.29 is 16.3 Å². The van der Waals surface area contributed by atoms with Crippen molar-refractivity contribution in [1.82, 2.24) is 0 Å². The van der Waals surface area contributed by atoms with E-state index in [9.17, 15) is 0 Å². The maximum Gasteiger partial charge on any atom is 0.100 e. The zero-order valence-corrected chi connectivity index (χ0v) is 6.99. The van der Waals surface area contributed by atoms with Gasteiger partial charge in [0, 0.05) is 6.61 Å². The highest BCUT2D eigenvalue weighted by Gasteiger charge is 1.99. The summed E-state index contributed by atoms with van der Waals surface area (Å²) in [6.45, 7) is 1.15. The molecule has 0 aromatic carbocycles. The molecule has 0 rings (SSSR count). The largest absolute Gasteiger partial charge is 0.394 e. The summed E-state index contributed by atoms with van der Waals surface area (Å²) in [6.07, 6.45) is 2.01. The Morgan fingerprint density at radius 2 is 2.27 bits per heavy atom. The molecule has 3 heteroatoms. The first-order chi connectivity index (χ1) is 5.72. The Bertz CT molecular complexity index is 100. The molecule has 68 valence electrons. The van der Waals surface area contributed by atoms with Crippen LogP contribution in [0.2, 0.25) is 0 Å². The van der Waals surface area contributed by atoms with Crippen LogP contribution >= 0.6 is 0 Å². The fraction of sp³-hybridized carbons (Fsp3) is 1.00. The quantitative estimate of drug-likeness (QED) is 0.539. The Morgan fingerprint density at radius 1 is 1.55 bits per heavy atom. The maximum atomic E-state index is 8.92. The van der Waals surface area contributed by atoms with E-state index in [0.29, 0.717) is 6.61 Å². The minimum absolute atomic E-state index is 0.415. The van der Waals surface area contributed by atoms with Crippen LogP contribution in [0.25, 0.3) is 0 Å². The minimum atomic E-state index is -1.08. The van der Waals surface area contributed by atoms with Crippen molar-refractivity contribution in [2.24, 2.45) is 0 Å². The highest BCUT2D eigenvalue weighted by molar-refractivity contribution is 4.48. The van der Waals surface area contributed by atoms with E-state index in [4.69, 9.17) is 16.3 Å². The van der Waals surface area contributed by atoms with E-state index in [1.165, 1.54) is 0 Å². The lowest BCUT2D eigenvalue weighted by Gasteiger charge is -2.07. The van der Waals surface area contributed by atoms with Crippen LogP contribution < -0.4 is 0 Å². The molecule has 0 spiro atoms. The van der Waals surface area contributed by atoms with Gasteiger partial charge < -0.3 is 14.9 Å². The Hall–Kier alpha value is -0.120. The van der Waals surface area contributed by atoms with Gasteiger partial charge in [-0.15, -0.1) is 0 Å². The first-order valence-corrected chi connectivity index (χ1v) is 4.05. The van der Waals surface area contributed by atoms with Crippen LogP contribution in [-0.4, -0.2) is 36.1 Å². The highest BCUT2D eigenvalue weighted by Crippen LogP contribution is 1.94. The third-order valence-electron chi connectivity index (χ3n) is 1.31. The number of ether oxygens (including phenoxy) is 1. The molecular weight excluding hydrogens is 144 g/mol. The Balaban J connectivity index is 3.24. The monoisotopic (exact) mass is 163 g/mol. The molecule has 0 bridgehead atoms. The molecule has 2 N–H and O–H groups in total. The summed E-state index contributed by atoms with van der Waals surface area (Å²) in [5, 5.41) is 17.4. The van der Waals surface area contributed by atoms with Crippen molar-refractivity contribution in [2.45, 2.75) is 32.3 Å². The van der Waals surface area contributed by atoms with Gasteiger partial charge in [0.2, 0.25) is 0 Å². The normalized spacial score (nSPS) is 17.5. The summed E-state index contributed by atoms with van der Waals surface area (Å²) in [5.41, 5.74) is 0. The summed E-state index contributed by atoms with van der Waals surface area (Å²) in [7, 11) is 0. The van der Waals surface area contributed by atoms with Crippen LogP contribution in [0.3, 0.4) is 0 Å². The molecule has 0 aliphatic heterocycles. The number of hydrogen-bond acceptors (Lipinski definition) is 3. The Morgan fingerprint density at radius 3 is 2.82 bits per heavy atom. The van der Waals surface area contributed by atoms with Gasteiger partial charge in [0.1, 0.15) is 6.10 Å². The third kappa shape index (κ3) is 7.78. The number of aliphatic hydroxyl groups is 2. The molecule has 2 unspecified atom stereocenters. The van der Waals surface area contributed by atoms with E-state index in [1.54, 1.807) is 0 Å². The zero-order valence-electron chi connectivity index (χ0n) is 7.99. The number of unbranched alkanes of at least 4 members (excludes halogenated alkanes) is 2. The minimum Gasteiger partial charge on any atom is -0.394 e. The van der Waals surface area contributed by atoms with Gasteiger partial charge >= 0.3 is 0 Å². The summed E-state index contributed by atoms with van der Waals surface area (Å²) in [4.78, 5) is 0. The Kier molecular flexibility index (Phi) is 6.51. The average molecular weight is 163 g/mol. The van der Waals surface area contributed by atoms with Crippen molar-refractivity contribution in [3.05, 3.63) is 0 Å². The molecule has 0 radical (unpaired) electrons. The fourth-order valence-electron chi connectivity index (χ4n) is 0.658. The van der Waals surface area contributed by atoms with Gasteiger partial charge in [-0.2, -0.15) is 0 Å². The number of aliphatic hydroxyl groups excluding tert-OH is 2. The molecule has 0 heterocycles. The first kappa shape index (κ1) is 8.97. The van der Waals surface area contributed by atoms with E-state index >= 15 is 0 Å². The summed E-state index contributed by atoms with van der Waals surface area (Å²) in [6, 6.07) is 0. The smallest absolute Gasteiger partial charge is 0.100 e. The predicted molar refractivity (Wildman–Crippen MR) is 43.4 cm³/mol. The lowest BCUT2D eigenvalue weighted by molar-refractivity contribution is 0.00533. The van der Waals surface area contributed by atoms with Crippen LogP contribution in [0, 0.1) is 0 Å². The van der Waals surface area contributed by atoms with Gasteiger partial charge in [0.25, 0.3) is 0 Å². The predicted octanol–water partition coefficient (Wildman–Crippen LogP) is 0.546. The molecule has 0 fully saturated rings. The summed E-state index contributed by atoms with van der Waals surface area (Å²) < 4.78 is 12.1. The highest BCUT2D eigenvalue weighted by atomic mass is 16.5. The molecule has 0 aliphatic carbocycles. The van der Waals surface area contributed by atoms with E-state index in [-0.39, 0.29) is 0 Å². The first-order valence-electron chi connectivity index (χ1n) is 4.62. The second kappa shape index (κ2) is 7.98. The molecule has 3 nitrogen and oxygen atoms in total. The molecule has 2 atom stereocenters. The molecule has 0 amide bonds. The lowest BCUT2D eigenvalue weighted by atomic mass is 10.3. The molecule has 0 aromatic rings. The van der Waals surface area contributed by atoms with Crippen LogP contribution in [0.15, 0.2) is 0 Å². The van der Waals surface area contributed by atoms with Crippen LogP contribution in [0.5, 0.6) is 0 Å². The SMILES string of the molecule is [2H]C(OCCCCC)C(O)CO. The summed E-state index contributed by atoms with van der Waals surface area (Å²) >= 11 is 0. The molecule has 0 saturated carbocycles. The molecule has 0 aliphatic rings. The van der Waals surface area contributed by atoms with Crippen LogP contribution in [0.4, 0.5) is 0 Å². The van der Waals surface area contributed by atoms with Crippen molar-refractivity contribution >= 4 is 0 Å². The molecule has 11 heavy (non-hydrogen) atoms. The average Bonchev–Trinajstić information content (AvgIpc) is 2.10. The van der Waals surface area contributed by atoms with Crippen molar-refractivity contribution in [2.75, 3.05) is 19.8 Å². The van der Waals surface area contributed by atoms with Gasteiger partial charge in [-0.05, 0) is 6.42 Å². The standard InChI is InChI=1S/C8H18O3/c1-2-3-4-5-11-7-8(10)6-9/h8-10H,2-7H2,1H3/i7D. The van der Waals surface area contributed by atoms with Crippen molar-refractivity contribution in [3.8, 4) is 0 Å². The van der Waals surface area contributed by atoms with Crippen LogP contribution in [-0.2, 0) is 4.74 Å². The van der Waals surface area contributed by atoms with E-state index in [2.05, 4.69) is 6.92 Å². The van der Waals surface area contributed by atoms with E-state index in [1.807, 2.05) is 0 Å². The van der Waals surface area contributed by atoms with Gasteiger partial charge in [-0.1, -0.05) is 19.8 Å². The lowest BCUT2D eigenvalue weighted by Crippen LogP contribution is -2.19. The van der Waals surface area contributed by atoms with Crippen molar-refractivity contribution in [3.63, 3.8) is 0 Å². The van der Waals surface area contributed by atoms with E-state index in [0.717, 1.165) is 19.3 Å². The summed E-state index contributed by atoms with van der Waals surface area (Å²) in [5.74, 6) is 0. The van der Waals surface area contributed by atoms with E-state index < -0.39 is 19.3 Å². The number of rotatable bonds is 7. The number of hydrogen-bond donors (Lipinski definition) is 2. The van der Waals surface area contributed by atoms with Gasteiger partial charge in [-0.3, -0.25) is 0 Å². The topological polar surface area (TPSA) is 49.7 Å².